The minimum absolute atomic E-state index is 0.0300. The highest BCUT2D eigenvalue weighted by atomic mass is 16.6. The Hall–Kier alpha value is -1.55. The molecule has 0 aliphatic carbocycles. The summed E-state index contributed by atoms with van der Waals surface area (Å²) in [6, 6.07) is 8.27. The summed E-state index contributed by atoms with van der Waals surface area (Å²) in [5.74, 6) is 0. The largest absolute Gasteiger partial charge is 0.444 e. The molecule has 0 N–H and O–H groups in total. The number of carbonyl (C=O) groups excluding carboxylic acids is 1. The van der Waals surface area contributed by atoms with Crippen molar-refractivity contribution in [3.63, 3.8) is 0 Å². The first-order valence-electron chi connectivity index (χ1n) is 6.97. The molecule has 0 saturated carbocycles. The fraction of sp³-hybridized carbons (Fsp3) is 0.562. The van der Waals surface area contributed by atoms with Gasteiger partial charge in [0.1, 0.15) is 5.60 Å². The Morgan fingerprint density at radius 1 is 1.35 bits per heavy atom. The lowest BCUT2D eigenvalue weighted by molar-refractivity contribution is -0.00750. The number of fused-ring (bicyclic) bond motifs is 1. The van der Waals surface area contributed by atoms with E-state index in [9.17, 15) is 4.79 Å². The molecule has 0 aromatic heterocycles. The van der Waals surface area contributed by atoms with E-state index in [4.69, 9.17) is 9.47 Å². The van der Waals surface area contributed by atoms with E-state index in [0.29, 0.717) is 13.2 Å². The average molecular weight is 277 g/mol. The predicted molar refractivity (Wildman–Crippen MR) is 77.6 cm³/mol. The lowest BCUT2D eigenvalue weighted by Gasteiger charge is -2.30. The third-order valence-corrected chi connectivity index (χ3v) is 3.22. The summed E-state index contributed by atoms with van der Waals surface area (Å²) in [4.78, 5) is 13.5. The van der Waals surface area contributed by atoms with Crippen LogP contribution in [0.15, 0.2) is 24.3 Å². The van der Waals surface area contributed by atoms with Crippen molar-refractivity contribution in [1.82, 2.24) is 4.90 Å². The third-order valence-electron chi connectivity index (χ3n) is 3.22. The fourth-order valence-electron chi connectivity index (χ4n) is 2.25. The monoisotopic (exact) mass is 277 g/mol. The van der Waals surface area contributed by atoms with Crippen molar-refractivity contribution in [1.29, 1.82) is 0 Å². The summed E-state index contributed by atoms with van der Waals surface area (Å²) in [7, 11) is 1.75. The first kappa shape index (κ1) is 14.9. The molecule has 1 heterocycles. The second kappa shape index (κ2) is 5.83. The van der Waals surface area contributed by atoms with Crippen LogP contribution in [0.1, 0.15) is 31.9 Å². The van der Waals surface area contributed by atoms with Gasteiger partial charge in [-0.3, -0.25) is 0 Å². The van der Waals surface area contributed by atoms with Gasteiger partial charge < -0.3 is 14.4 Å². The fourth-order valence-corrected chi connectivity index (χ4v) is 2.25. The number of likely N-dealkylation sites (N-methyl/N-ethyl adjacent to an activating group) is 1. The van der Waals surface area contributed by atoms with Crippen LogP contribution in [0.4, 0.5) is 4.79 Å². The van der Waals surface area contributed by atoms with E-state index in [2.05, 4.69) is 12.1 Å². The summed E-state index contributed by atoms with van der Waals surface area (Å²) in [6.45, 7) is 6.76. The van der Waals surface area contributed by atoms with Gasteiger partial charge in [0.25, 0.3) is 0 Å². The Morgan fingerprint density at radius 3 is 2.65 bits per heavy atom. The van der Waals surface area contributed by atoms with Crippen molar-refractivity contribution in [3.8, 4) is 0 Å². The van der Waals surface area contributed by atoms with Gasteiger partial charge in [0, 0.05) is 13.5 Å². The average Bonchev–Trinajstić information content (AvgIpc) is 2.36. The Labute approximate surface area is 120 Å². The van der Waals surface area contributed by atoms with Crippen LogP contribution in [-0.2, 0) is 22.5 Å². The van der Waals surface area contributed by atoms with Gasteiger partial charge >= 0.3 is 6.09 Å². The van der Waals surface area contributed by atoms with Crippen LogP contribution < -0.4 is 0 Å². The molecule has 0 spiro atoms. The Kier molecular flexibility index (Phi) is 4.33. The van der Waals surface area contributed by atoms with Crippen LogP contribution in [-0.4, -0.2) is 36.3 Å². The van der Waals surface area contributed by atoms with Crippen LogP contribution >= 0.6 is 0 Å². The number of hydrogen-bond acceptors (Lipinski definition) is 3. The van der Waals surface area contributed by atoms with E-state index >= 15 is 0 Å². The van der Waals surface area contributed by atoms with Crippen LogP contribution in [0.2, 0.25) is 0 Å². The SMILES string of the molecule is CN(CC1Cc2ccccc2CO1)C(=O)OC(C)(C)C. The number of benzene rings is 1. The second-order valence-electron chi connectivity index (χ2n) is 6.27. The number of carbonyl (C=O) groups is 1. The molecule has 0 saturated heterocycles. The molecular formula is C16H23NO3. The number of amides is 1. The molecule has 1 aromatic carbocycles. The Balaban J connectivity index is 1.90. The van der Waals surface area contributed by atoms with Crippen LogP contribution in [0, 0.1) is 0 Å². The number of ether oxygens (including phenoxy) is 2. The maximum Gasteiger partial charge on any atom is 0.410 e. The summed E-state index contributed by atoms with van der Waals surface area (Å²) in [5.41, 5.74) is 2.08. The van der Waals surface area contributed by atoms with E-state index < -0.39 is 5.60 Å². The molecule has 1 aliphatic heterocycles. The van der Waals surface area contributed by atoms with Crippen molar-refractivity contribution in [3.05, 3.63) is 35.4 Å². The summed E-state index contributed by atoms with van der Waals surface area (Å²) >= 11 is 0. The molecule has 1 amide bonds. The molecule has 0 radical (unpaired) electrons. The second-order valence-corrected chi connectivity index (χ2v) is 6.27. The predicted octanol–water partition coefficient (Wildman–Crippen LogP) is 2.99. The summed E-state index contributed by atoms with van der Waals surface area (Å²) < 4.78 is 11.1. The van der Waals surface area contributed by atoms with Gasteiger partial charge in [0.2, 0.25) is 0 Å². The first-order chi connectivity index (χ1) is 9.35. The van der Waals surface area contributed by atoms with E-state index in [1.54, 1.807) is 11.9 Å². The van der Waals surface area contributed by atoms with Crippen molar-refractivity contribution >= 4 is 6.09 Å². The van der Waals surface area contributed by atoms with Crippen LogP contribution in [0.3, 0.4) is 0 Å². The van der Waals surface area contributed by atoms with Gasteiger partial charge in [0.15, 0.2) is 0 Å². The van der Waals surface area contributed by atoms with Crippen molar-refractivity contribution in [2.45, 2.75) is 45.5 Å². The highest BCUT2D eigenvalue weighted by molar-refractivity contribution is 5.67. The molecule has 4 nitrogen and oxygen atoms in total. The number of nitrogens with zero attached hydrogens (tertiary/aromatic N) is 1. The summed E-state index contributed by atoms with van der Waals surface area (Å²) in [5, 5.41) is 0. The molecular weight excluding hydrogens is 254 g/mol. The standard InChI is InChI=1S/C16H23NO3/c1-16(2,3)20-15(18)17(4)10-14-9-12-7-5-6-8-13(12)11-19-14/h5-8,14H,9-11H2,1-4H3. The summed E-state index contributed by atoms with van der Waals surface area (Å²) in [6.07, 6.45) is 0.561. The number of hydrogen-bond donors (Lipinski definition) is 0. The quantitative estimate of drug-likeness (QED) is 0.834. The molecule has 1 atom stereocenters. The maximum atomic E-state index is 11.9. The molecule has 0 fully saturated rings. The highest BCUT2D eigenvalue weighted by Gasteiger charge is 2.24. The molecule has 1 aliphatic rings. The van der Waals surface area contributed by atoms with Crippen molar-refractivity contribution in [2.75, 3.05) is 13.6 Å². The maximum absolute atomic E-state index is 11.9. The van der Waals surface area contributed by atoms with E-state index in [0.717, 1.165) is 6.42 Å². The van der Waals surface area contributed by atoms with Gasteiger partial charge in [0.05, 0.1) is 19.3 Å². The van der Waals surface area contributed by atoms with Crippen molar-refractivity contribution in [2.24, 2.45) is 0 Å². The van der Waals surface area contributed by atoms with Gasteiger partial charge in [-0.15, -0.1) is 0 Å². The first-order valence-corrected chi connectivity index (χ1v) is 6.97. The minimum Gasteiger partial charge on any atom is -0.444 e. The topological polar surface area (TPSA) is 38.8 Å². The molecule has 1 unspecified atom stereocenters. The molecule has 110 valence electrons. The normalized spacial score (nSPS) is 18.3. The highest BCUT2D eigenvalue weighted by Crippen LogP contribution is 2.21. The van der Waals surface area contributed by atoms with E-state index in [-0.39, 0.29) is 12.2 Å². The molecule has 20 heavy (non-hydrogen) atoms. The van der Waals surface area contributed by atoms with Gasteiger partial charge in [-0.1, -0.05) is 24.3 Å². The minimum atomic E-state index is -0.467. The van der Waals surface area contributed by atoms with Crippen LogP contribution in [0.5, 0.6) is 0 Å². The lowest BCUT2D eigenvalue weighted by Crippen LogP contribution is -2.40. The zero-order chi connectivity index (χ0) is 14.8. The van der Waals surface area contributed by atoms with Crippen molar-refractivity contribution < 1.29 is 14.3 Å². The molecule has 2 rings (SSSR count). The Bertz CT molecular complexity index is 479. The van der Waals surface area contributed by atoms with Gasteiger partial charge in [-0.2, -0.15) is 0 Å². The van der Waals surface area contributed by atoms with Gasteiger partial charge in [-0.05, 0) is 31.9 Å². The third kappa shape index (κ3) is 3.97. The van der Waals surface area contributed by atoms with Crippen LogP contribution in [0.25, 0.3) is 0 Å². The molecule has 4 heteroatoms. The zero-order valence-electron chi connectivity index (χ0n) is 12.7. The number of rotatable bonds is 2. The van der Waals surface area contributed by atoms with E-state index in [1.807, 2.05) is 32.9 Å². The zero-order valence-corrected chi connectivity index (χ0v) is 12.7. The van der Waals surface area contributed by atoms with E-state index in [1.165, 1.54) is 11.1 Å². The smallest absolute Gasteiger partial charge is 0.410 e. The molecule has 0 bridgehead atoms. The lowest BCUT2D eigenvalue weighted by atomic mass is 9.99. The molecule has 1 aromatic rings. The Morgan fingerprint density at radius 2 is 2.00 bits per heavy atom. The van der Waals surface area contributed by atoms with Gasteiger partial charge in [-0.25, -0.2) is 4.79 Å².